The molecule has 0 spiro atoms. The van der Waals surface area contributed by atoms with Gasteiger partial charge < -0.3 is 10.4 Å². The Bertz CT molecular complexity index is 567. The van der Waals surface area contributed by atoms with E-state index >= 15 is 0 Å². The van der Waals surface area contributed by atoms with Crippen molar-refractivity contribution in [1.82, 2.24) is 10.3 Å². The van der Waals surface area contributed by atoms with E-state index in [2.05, 4.69) is 10.3 Å². The van der Waals surface area contributed by atoms with Crippen molar-refractivity contribution in [2.75, 3.05) is 0 Å². The topological polar surface area (TPSA) is 79.3 Å². The van der Waals surface area contributed by atoms with Gasteiger partial charge in [0.25, 0.3) is 5.91 Å². The molecular weight excluding hydrogens is 287 g/mol. The normalized spacial score (nSPS) is 25.4. The fourth-order valence-electron chi connectivity index (χ4n) is 2.47. The Morgan fingerprint density at radius 1 is 1.60 bits per heavy atom. The van der Waals surface area contributed by atoms with E-state index in [0.29, 0.717) is 19.3 Å². The summed E-state index contributed by atoms with van der Waals surface area (Å²) < 4.78 is 13.1. The van der Waals surface area contributed by atoms with Crippen molar-refractivity contribution in [2.45, 2.75) is 32.2 Å². The van der Waals surface area contributed by atoms with Crippen LogP contribution in [0.3, 0.4) is 0 Å². The number of halogens is 2. The summed E-state index contributed by atoms with van der Waals surface area (Å²) in [5.41, 5.74) is -1.10. The molecule has 1 aromatic heterocycles. The van der Waals surface area contributed by atoms with Gasteiger partial charge in [-0.05, 0) is 25.8 Å². The summed E-state index contributed by atoms with van der Waals surface area (Å²) in [6.45, 7) is 1.60. The maximum atomic E-state index is 13.1. The Balaban J connectivity index is 2.19. The molecule has 0 radical (unpaired) electrons. The van der Waals surface area contributed by atoms with Crippen molar-refractivity contribution >= 4 is 23.5 Å². The van der Waals surface area contributed by atoms with Gasteiger partial charge in [0.2, 0.25) is 0 Å². The van der Waals surface area contributed by atoms with E-state index in [-0.39, 0.29) is 10.7 Å². The summed E-state index contributed by atoms with van der Waals surface area (Å²) in [6, 6.07) is 0.476. The van der Waals surface area contributed by atoms with E-state index < -0.39 is 29.2 Å². The van der Waals surface area contributed by atoms with Gasteiger partial charge in [0.05, 0.1) is 17.2 Å². The highest BCUT2D eigenvalue weighted by Gasteiger charge is 2.46. The number of pyridine rings is 1. The average Bonchev–Trinajstić information content (AvgIpc) is 2.75. The van der Waals surface area contributed by atoms with Crippen LogP contribution in [0.25, 0.3) is 0 Å². The summed E-state index contributed by atoms with van der Waals surface area (Å²) in [5, 5.41) is 11.8. The standard InChI is InChI=1S/C13H14ClFN2O3/c1-13(12(19)20)4-2-3-9(13)17-11(18)8-5-7(15)6-16-10(8)14/h5-6,9H,2-4H2,1H3,(H,17,18)(H,19,20). The second-order valence-corrected chi connectivity index (χ2v) is 5.49. The predicted octanol–water partition coefficient (Wildman–Crippen LogP) is 2.25. The van der Waals surface area contributed by atoms with Crippen LogP contribution >= 0.6 is 11.6 Å². The molecule has 2 rings (SSSR count). The molecular formula is C13H14ClFN2O3. The molecule has 1 amide bonds. The smallest absolute Gasteiger partial charge is 0.311 e. The van der Waals surface area contributed by atoms with E-state index in [1.165, 1.54) is 0 Å². The summed E-state index contributed by atoms with van der Waals surface area (Å²) in [7, 11) is 0. The van der Waals surface area contributed by atoms with Crippen LogP contribution in [0.1, 0.15) is 36.5 Å². The lowest BCUT2D eigenvalue weighted by atomic mass is 9.85. The van der Waals surface area contributed by atoms with E-state index in [9.17, 15) is 19.1 Å². The van der Waals surface area contributed by atoms with Crippen molar-refractivity contribution in [1.29, 1.82) is 0 Å². The van der Waals surface area contributed by atoms with E-state index in [1.54, 1.807) is 6.92 Å². The van der Waals surface area contributed by atoms with Gasteiger partial charge in [-0.1, -0.05) is 18.0 Å². The number of amides is 1. The zero-order valence-corrected chi connectivity index (χ0v) is 11.6. The van der Waals surface area contributed by atoms with Crippen LogP contribution in [0.5, 0.6) is 0 Å². The number of aromatic nitrogens is 1. The minimum atomic E-state index is -1.01. The van der Waals surface area contributed by atoms with E-state index in [1.807, 2.05) is 0 Å². The van der Waals surface area contributed by atoms with Crippen molar-refractivity contribution in [3.8, 4) is 0 Å². The molecule has 2 unspecified atom stereocenters. The first-order valence-electron chi connectivity index (χ1n) is 6.20. The van der Waals surface area contributed by atoms with E-state index in [0.717, 1.165) is 12.3 Å². The van der Waals surface area contributed by atoms with Crippen molar-refractivity contribution in [3.63, 3.8) is 0 Å². The quantitative estimate of drug-likeness (QED) is 0.839. The number of rotatable bonds is 3. The highest BCUT2D eigenvalue weighted by molar-refractivity contribution is 6.32. The number of carbonyl (C=O) groups excluding carboxylic acids is 1. The number of carboxylic acids is 1. The third-order valence-electron chi connectivity index (χ3n) is 3.80. The minimum absolute atomic E-state index is 0.0914. The lowest BCUT2D eigenvalue weighted by Crippen LogP contribution is -2.47. The fraction of sp³-hybridized carbons (Fsp3) is 0.462. The Morgan fingerprint density at radius 3 is 2.95 bits per heavy atom. The molecule has 0 aliphatic heterocycles. The largest absolute Gasteiger partial charge is 0.481 e. The molecule has 1 heterocycles. The highest BCUT2D eigenvalue weighted by atomic mass is 35.5. The molecule has 108 valence electrons. The lowest BCUT2D eigenvalue weighted by molar-refractivity contribution is -0.148. The lowest BCUT2D eigenvalue weighted by Gasteiger charge is -2.27. The number of nitrogens with zero attached hydrogens (tertiary/aromatic N) is 1. The van der Waals surface area contributed by atoms with Crippen molar-refractivity contribution in [3.05, 3.63) is 28.8 Å². The van der Waals surface area contributed by atoms with Gasteiger partial charge >= 0.3 is 5.97 Å². The van der Waals surface area contributed by atoms with Crippen LogP contribution in [0.2, 0.25) is 5.15 Å². The first-order valence-corrected chi connectivity index (χ1v) is 6.57. The number of hydrogen-bond acceptors (Lipinski definition) is 3. The molecule has 20 heavy (non-hydrogen) atoms. The molecule has 0 aromatic carbocycles. The number of carbonyl (C=O) groups is 2. The molecule has 1 aromatic rings. The first kappa shape index (κ1) is 14.7. The van der Waals surface area contributed by atoms with Gasteiger partial charge in [0.15, 0.2) is 0 Å². The highest BCUT2D eigenvalue weighted by Crippen LogP contribution is 2.38. The van der Waals surface area contributed by atoms with Crippen LogP contribution < -0.4 is 5.32 Å². The number of nitrogens with one attached hydrogen (secondary N) is 1. The van der Waals surface area contributed by atoms with Crippen LogP contribution in [-0.2, 0) is 4.79 Å². The monoisotopic (exact) mass is 300 g/mol. The van der Waals surface area contributed by atoms with Crippen LogP contribution in [-0.4, -0.2) is 28.0 Å². The zero-order chi connectivity index (χ0) is 14.9. The summed E-state index contributed by atoms with van der Waals surface area (Å²) >= 11 is 5.76. The third kappa shape index (κ3) is 2.60. The van der Waals surface area contributed by atoms with Gasteiger partial charge in [-0.3, -0.25) is 9.59 Å². The van der Waals surface area contributed by atoms with Crippen molar-refractivity contribution in [2.24, 2.45) is 5.41 Å². The molecule has 0 bridgehead atoms. The molecule has 5 nitrogen and oxygen atoms in total. The summed E-state index contributed by atoms with van der Waals surface area (Å²) in [6.07, 6.45) is 2.68. The maximum Gasteiger partial charge on any atom is 0.311 e. The van der Waals surface area contributed by atoms with Crippen LogP contribution in [0.15, 0.2) is 12.3 Å². The Morgan fingerprint density at radius 2 is 2.30 bits per heavy atom. The van der Waals surface area contributed by atoms with Gasteiger partial charge in [-0.2, -0.15) is 0 Å². The van der Waals surface area contributed by atoms with Gasteiger partial charge in [0, 0.05) is 6.04 Å². The number of carboxylic acid groups (broad SMARTS) is 1. The number of hydrogen-bond donors (Lipinski definition) is 2. The summed E-state index contributed by atoms with van der Waals surface area (Å²) in [4.78, 5) is 27.0. The van der Waals surface area contributed by atoms with Gasteiger partial charge in [-0.15, -0.1) is 0 Å². The molecule has 1 saturated carbocycles. The minimum Gasteiger partial charge on any atom is -0.481 e. The second kappa shape index (κ2) is 5.36. The molecule has 2 N–H and O–H groups in total. The molecule has 7 heteroatoms. The molecule has 1 fully saturated rings. The molecule has 1 aliphatic rings. The third-order valence-corrected chi connectivity index (χ3v) is 4.10. The maximum absolute atomic E-state index is 13.1. The van der Waals surface area contributed by atoms with Crippen molar-refractivity contribution < 1.29 is 19.1 Å². The Hall–Kier alpha value is -1.69. The fourth-order valence-corrected chi connectivity index (χ4v) is 2.66. The van der Waals surface area contributed by atoms with Gasteiger partial charge in [-0.25, -0.2) is 9.37 Å². The van der Waals surface area contributed by atoms with E-state index in [4.69, 9.17) is 11.6 Å². The average molecular weight is 301 g/mol. The Labute approximate surface area is 120 Å². The molecule has 2 atom stereocenters. The molecule has 1 aliphatic carbocycles. The predicted molar refractivity (Wildman–Crippen MR) is 70.1 cm³/mol. The van der Waals surface area contributed by atoms with Gasteiger partial charge in [0.1, 0.15) is 11.0 Å². The first-order chi connectivity index (χ1) is 9.34. The second-order valence-electron chi connectivity index (χ2n) is 5.13. The van der Waals surface area contributed by atoms with Crippen LogP contribution in [0.4, 0.5) is 4.39 Å². The van der Waals surface area contributed by atoms with Crippen LogP contribution in [0, 0.1) is 11.2 Å². The Kier molecular flexibility index (Phi) is 3.94. The zero-order valence-electron chi connectivity index (χ0n) is 10.8. The number of aliphatic carboxylic acids is 1. The summed E-state index contributed by atoms with van der Waals surface area (Å²) in [5.74, 6) is -2.24. The molecule has 0 saturated heterocycles. The SMILES string of the molecule is CC1(C(=O)O)CCCC1NC(=O)c1cc(F)cnc1Cl.